The molecule has 8 heteroatoms. The zero-order chi connectivity index (χ0) is 18.5. The SMILES string of the molecule is CC.CCc1ccc(-c2ccc(C(F)(F)F)cc2C(F)(F)F)nn1. The molecule has 1 aromatic heterocycles. The molecule has 24 heavy (non-hydrogen) atoms. The highest BCUT2D eigenvalue weighted by Gasteiger charge is 2.38. The molecule has 0 spiro atoms. The van der Waals surface area contributed by atoms with Gasteiger partial charge in [0.05, 0.1) is 22.5 Å². The van der Waals surface area contributed by atoms with E-state index in [4.69, 9.17) is 0 Å². The Morgan fingerprint density at radius 1 is 0.833 bits per heavy atom. The van der Waals surface area contributed by atoms with Crippen LogP contribution in [-0.2, 0) is 18.8 Å². The number of nitrogens with zero attached hydrogens (tertiary/aromatic N) is 2. The zero-order valence-electron chi connectivity index (χ0n) is 13.3. The zero-order valence-corrected chi connectivity index (χ0v) is 13.3. The normalized spacial score (nSPS) is 11.7. The van der Waals surface area contributed by atoms with Crippen molar-refractivity contribution in [1.29, 1.82) is 0 Å². The van der Waals surface area contributed by atoms with Crippen LogP contribution in [0.25, 0.3) is 11.3 Å². The molecule has 1 heterocycles. The maximum Gasteiger partial charge on any atom is 0.417 e. The maximum atomic E-state index is 13.0. The molecule has 0 fully saturated rings. The molecule has 0 atom stereocenters. The summed E-state index contributed by atoms with van der Waals surface area (Å²) < 4.78 is 76.9. The highest BCUT2D eigenvalue weighted by atomic mass is 19.4. The minimum atomic E-state index is -4.93. The molecule has 0 saturated carbocycles. The fourth-order valence-electron chi connectivity index (χ4n) is 1.87. The van der Waals surface area contributed by atoms with Gasteiger partial charge in [-0.05, 0) is 30.7 Å². The summed E-state index contributed by atoms with van der Waals surface area (Å²) in [4.78, 5) is 0. The Kier molecular flexibility index (Phi) is 6.34. The van der Waals surface area contributed by atoms with E-state index in [9.17, 15) is 26.3 Å². The first-order valence-corrected chi connectivity index (χ1v) is 7.24. The average Bonchev–Trinajstić information content (AvgIpc) is 2.54. The number of hydrogen-bond acceptors (Lipinski definition) is 2. The van der Waals surface area contributed by atoms with Crippen LogP contribution in [0.4, 0.5) is 26.3 Å². The van der Waals surface area contributed by atoms with Gasteiger partial charge in [0.15, 0.2) is 0 Å². The lowest BCUT2D eigenvalue weighted by Crippen LogP contribution is -2.12. The molecule has 0 bridgehead atoms. The van der Waals surface area contributed by atoms with E-state index in [0.29, 0.717) is 18.2 Å². The van der Waals surface area contributed by atoms with Crippen LogP contribution in [0.5, 0.6) is 0 Å². The van der Waals surface area contributed by atoms with Gasteiger partial charge in [0.25, 0.3) is 0 Å². The molecule has 1 aromatic carbocycles. The van der Waals surface area contributed by atoms with Crippen molar-refractivity contribution in [2.24, 2.45) is 0 Å². The number of halogens is 6. The molecule has 0 radical (unpaired) electrons. The third kappa shape index (κ3) is 4.69. The van der Waals surface area contributed by atoms with Gasteiger partial charge in [-0.25, -0.2) is 0 Å². The molecule has 0 unspecified atom stereocenters. The van der Waals surface area contributed by atoms with Crippen molar-refractivity contribution in [3.63, 3.8) is 0 Å². The molecule has 0 aliphatic carbocycles. The lowest BCUT2D eigenvalue weighted by atomic mass is 10.00. The van der Waals surface area contributed by atoms with E-state index in [0.717, 1.165) is 6.07 Å². The number of alkyl halides is 6. The van der Waals surface area contributed by atoms with Gasteiger partial charge in [-0.2, -0.15) is 36.5 Å². The third-order valence-electron chi connectivity index (χ3n) is 3.01. The summed E-state index contributed by atoms with van der Waals surface area (Å²) in [6.07, 6.45) is -9.23. The Hall–Kier alpha value is -2.12. The molecular formula is C16H16F6N2. The summed E-state index contributed by atoms with van der Waals surface area (Å²) >= 11 is 0. The highest BCUT2D eigenvalue weighted by molar-refractivity contribution is 5.65. The van der Waals surface area contributed by atoms with Crippen molar-refractivity contribution < 1.29 is 26.3 Å². The summed E-state index contributed by atoms with van der Waals surface area (Å²) in [7, 11) is 0. The largest absolute Gasteiger partial charge is 0.417 e. The molecule has 2 rings (SSSR count). The van der Waals surface area contributed by atoms with E-state index in [-0.39, 0.29) is 11.8 Å². The van der Waals surface area contributed by atoms with Gasteiger partial charge in [0.2, 0.25) is 0 Å². The fourth-order valence-corrected chi connectivity index (χ4v) is 1.87. The van der Waals surface area contributed by atoms with Gasteiger partial charge in [-0.3, -0.25) is 0 Å². The van der Waals surface area contributed by atoms with Crippen LogP contribution < -0.4 is 0 Å². The first kappa shape index (κ1) is 19.9. The summed E-state index contributed by atoms with van der Waals surface area (Å²) in [5, 5.41) is 7.38. The van der Waals surface area contributed by atoms with Crippen LogP contribution in [0.2, 0.25) is 0 Å². The Labute approximate surface area is 135 Å². The molecule has 2 aromatic rings. The first-order valence-electron chi connectivity index (χ1n) is 7.24. The average molecular weight is 350 g/mol. The minimum absolute atomic E-state index is 0.0880. The van der Waals surface area contributed by atoms with Gasteiger partial charge in [0.1, 0.15) is 0 Å². The fraction of sp³-hybridized carbons (Fsp3) is 0.375. The second kappa shape index (κ2) is 7.63. The van der Waals surface area contributed by atoms with Gasteiger partial charge < -0.3 is 0 Å². The monoisotopic (exact) mass is 350 g/mol. The summed E-state index contributed by atoms with van der Waals surface area (Å²) in [6.45, 7) is 5.79. The first-order chi connectivity index (χ1) is 11.1. The van der Waals surface area contributed by atoms with Crippen molar-refractivity contribution in [1.82, 2.24) is 10.2 Å². The highest BCUT2D eigenvalue weighted by Crippen LogP contribution is 2.40. The predicted molar refractivity (Wildman–Crippen MR) is 78.2 cm³/mol. The quantitative estimate of drug-likeness (QED) is 0.643. The Balaban J connectivity index is 0.00000139. The smallest absolute Gasteiger partial charge is 0.166 e. The molecule has 0 aliphatic heterocycles. The second-order valence-electron chi connectivity index (χ2n) is 4.52. The van der Waals surface area contributed by atoms with Crippen molar-refractivity contribution in [2.75, 3.05) is 0 Å². The molecule has 0 aliphatic rings. The van der Waals surface area contributed by atoms with Crippen molar-refractivity contribution in [2.45, 2.75) is 39.5 Å². The van der Waals surface area contributed by atoms with Crippen LogP contribution in [-0.4, -0.2) is 10.2 Å². The Morgan fingerprint density at radius 2 is 1.46 bits per heavy atom. The molecule has 0 amide bonds. The third-order valence-corrected chi connectivity index (χ3v) is 3.01. The van der Waals surface area contributed by atoms with Crippen LogP contribution in [0, 0.1) is 0 Å². The number of aryl methyl sites for hydroxylation is 1. The van der Waals surface area contributed by atoms with Crippen LogP contribution in [0.3, 0.4) is 0 Å². The molecule has 0 N–H and O–H groups in total. The number of aromatic nitrogens is 2. The summed E-state index contributed by atoms with van der Waals surface area (Å²) in [5.74, 6) is 0. The van der Waals surface area contributed by atoms with Crippen LogP contribution in [0.15, 0.2) is 30.3 Å². The van der Waals surface area contributed by atoms with E-state index in [2.05, 4.69) is 10.2 Å². The predicted octanol–water partition coefficient (Wildman–Crippen LogP) is 5.77. The number of rotatable bonds is 2. The van der Waals surface area contributed by atoms with Gasteiger partial charge in [-0.15, -0.1) is 0 Å². The molecule has 0 saturated heterocycles. The van der Waals surface area contributed by atoms with Gasteiger partial charge in [-0.1, -0.05) is 26.8 Å². The summed E-state index contributed by atoms with van der Waals surface area (Å²) in [5.41, 5.74) is -2.74. The second-order valence-corrected chi connectivity index (χ2v) is 4.52. The van der Waals surface area contributed by atoms with Gasteiger partial charge >= 0.3 is 12.4 Å². The van der Waals surface area contributed by atoms with Crippen LogP contribution >= 0.6 is 0 Å². The number of benzene rings is 1. The lowest BCUT2D eigenvalue weighted by molar-refractivity contribution is -0.142. The number of hydrogen-bond donors (Lipinski definition) is 0. The van der Waals surface area contributed by atoms with E-state index in [1.165, 1.54) is 12.1 Å². The Morgan fingerprint density at radius 3 is 1.88 bits per heavy atom. The van der Waals surface area contributed by atoms with E-state index >= 15 is 0 Å². The summed E-state index contributed by atoms with van der Waals surface area (Å²) in [6, 6.07) is 4.25. The van der Waals surface area contributed by atoms with E-state index in [1.54, 1.807) is 6.92 Å². The molecule has 2 nitrogen and oxygen atoms in total. The van der Waals surface area contributed by atoms with Crippen molar-refractivity contribution >= 4 is 0 Å². The lowest BCUT2D eigenvalue weighted by Gasteiger charge is -2.15. The van der Waals surface area contributed by atoms with Crippen molar-refractivity contribution in [3.8, 4) is 11.3 Å². The van der Waals surface area contributed by atoms with Gasteiger partial charge in [0, 0.05) is 5.56 Å². The molecule has 132 valence electrons. The van der Waals surface area contributed by atoms with Crippen LogP contribution in [0.1, 0.15) is 37.6 Å². The minimum Gasteiger partial charge on any atom is -0.166 e. The molecular weight excluding hydrogens is 334 g/mol. The van der Waals surface area contributed by atoms with Crippen molar-refractivity contribution in [3.05, 3.63) is 47.2 Å². The maximum absolute atomic E-state index is 13.0. The standard InChI is InChI=1S/C14H10F6N2.C2H6/c1-2-9-4-6-12(22-21-9)10-5-3-8(13(15,16)17)7-11(10)14(18,19)20;1-2/h3-7H,2H2,1H3;1-2H3. The van der Waals surface area contributed by atoms with E-state index < -0.39 is 29.0 Å². The van der Waals surface area contributed by atoms with E-state index in [1.807, 2.05) is 13.8 Å². The Bertz CT molecular complexity index is 660. The topological polar surface area (TPSA) is 25.8 Å².